The maximum Gasteiger partial charge on any atom is 0.410 e. The standard InChI is InChI=1S/C17H12N4O2/c18-17(22)23-15-6-3-9-21-10-14(20-16(15)21)13-8-7-11-4-1-2-5-12(11)19-13/h1-10H,(H2,18,22). The van der Waals surface area contributed by atoms with Crippen molar-refractivity contribution in [3.05, 3.63) is 60.9 Å². The van der Waals surface area contributed by atoms with Gasteiger partial charge in [-0.3, -0.25) is 0 Å². The number of ether oxygens (including phenoxy) is 1. The average molecular weight is 304 g/mol. The molecule has 1 amide bonds. The smallest absolute Gasteiger partial charge is 0.406 e. The van der Waals surface area contributed by atoms with Gasteiger partial charge in [0.2, 0.25) is 0 Å². The molecule has 0 aliphatic heterocycles. The van der Waals surface area contributed by atoms with Crippen molar-refractivity contribution in [3.8, 4) is 17.1 Å². The molecule has 0 aliphatic rings. The highest BCUT2D eigenvalue weighted by molar-refractivity contribution is 5.81. The number of carbonyl (C=O) groups is 1. The van der Waals surface area contributed by atoms with Crippen LogP contribution in [0, 0.1) is 0 Å². The molecule has 3 heterocycles. The monoisotopic (exact) mass is 304 g/mol. The summed E-state index contributed by atoms with van der Waals surface area (Å²) in [4.78, 5) is 20.1. The summed E-state index contributed by atoms with van der Waals surface area (Å²) in [5.41, 5.74) is 7.93. The van der Waals surface area contributed by atoms with Gasteiger partial charge >= 0.3 is 6.09 Å². The van der Waals surface area contributed by atoms with Crippen molar-refractivity contribution in [1.82, 2.24) is 14.4 Å². The van der Waals surface area contributed by atoms with Gasteiger partial charge in [-0.05, 0) is 24.3 Å². The number of hydrogen-bond donors (Lipinski definition) is 1. The third kappa shape index (κ3) is 2.36. The fourth-order valence-corrected chi connectivity index (χ4v) is 2.51. The number of hydrogen-bond acceptors (Lipinski definition) is 4. The summed E-state index contributed by atoms with van der Waals surface area (Å²) in [5.74, 6) is 0.312. The molecule has 0 atom stereocenters. The minimum atomic E-state index is -0.869. The number of imidazole rings is 1. The largest absolute Gasteiger partial charge is 0.410 e. The van der Waals surface area contributed by atoms with E-state index in [0.717, 1.165) is 16.6 Å². The summed E-state index contributed by atoms with van der Waals surface area (Å²) >= 11 is 0. The Bertz CT molecular complexity index is 1040. The molecular formula is C17H12N4O2. The molecule has 0 spiro atoms. The number of fused-ring (bicyclic) bond motifs is 2. The first-order valence-corrected chi connectivity index (χ1v) is 7.02. The van der Waals surface area contributed by atoms with Crippen LogP contribution >= 0.6 is 0 Å². The van der Waals surface area contributed by atoms with Crippen LogP contribution in [0.5, 0.6) is 5.75 Å². The van der Waals surface area contributed by atoms with E-state index >= 15 is 0 Å². The Morgan fingerprint density at radius 3 is 2.74 bits per heavy atom. The summed E-state index contributed by atoms with van der Waals surface area (Å²) in [7, 11) is 0. The molecule has 1 aromatic carbocycles. The molecule has 6 heteroatoms. The molecule has 0 aliphatic carbocycles. The van der Waals surface area contributed by atoms with Gasteiger partial charge in [0, 0.05) is 17.8 Å². The molecule has 4 aromatic rings. The first-order valence-electron chi connectivity index (χ1n) is 7.02. The van der Waals surface area contributed by atoms with Gasteiger partial charge in [0.15, 0.2) is 11.4 Å². The van der Waals surface area contributed by atoms with Gasteiger partial charge in [-0.2, -0.15) is 0 Å². The molecule has 0 unspecified atom stereocenters. The van der Waals surface area contributed by atoms with Crippen LogP contribution < -0.4 is 10.5 Å². The van der Waals surface area contributed by atoms with Gasteiger partial charge in [-0.25, -0.2) is 14.8 Å². The third-order valence-corrected chi connectivity index (χ3v) is 3.52. The number of para-hydroxylation sites is 1. The first kappa shape index (κ1) is 13.3. The predicted octanol–water partition coefficient (Wildman–Crippen LogP) is 3.01. The molecule has 23 heavy (non-hydrogen) atoms. The van der Waals surface area contributed by atoms with Crippen molar-refractivity contribution in [2.24, 2.45) is 5.73 Å². The molecule has 3 aromatic heterocycles. The number of primary amides is 1. The highest BCUT2D eigenvalue weighted by atomic mass is 16.5. The van der Waals surface area contributed by atoms with E-state index in [9.17, 15) is 4.79 Å². The Kier molecular flexibility index (Phi) is 2.94. The lowest BCUT2D eigenvalue weighted by atomic mass is 10.2. The zero-order valence-corrected chi connectivity index (χ0v) is 12.0. The van der Waals surface area contributed by atoms with Crippen molar-refractivity contribution in [2.75, 3.05) is 0 Å². The van der Waals surface area contributed by atoms with Crippen LogP contribution in [-0.2, 0) is 0 Å². The highest BCUT2D eigenvalue weighted by Gasteiger charge is 2.11. The number of amides is 1. The van der Waals surface area contributed by atoms with E-state index in [2.05, 4.69) is 9.97 Å². The Morgan fingerprint density at radius 2 is 1.87 bits per heavy atom. The number of nitrogens with two attached hydrogens (primary N) is 1. The third-order valence-electron chi connectivity index (χ3n) is 3.52. The molecule has 112 valence electrons. The van der Waals surface area contributed by atoms with Gasteiger partial charge in [0.05, 0.1) is 11.2 Å². The Balaban J connectivity index is 1.86. The molecule has 2 N–H and O–H groups in total. The van der Waals surface area contributed by atoms with E-state index in [4.69, 9.17) is 10.5 Å². The molecule has 6 nitrogen and oxygen atoms in total. The second-order valence-electron chi connectivity index (χ2n) is 5.04. The highest BCUT2D eigenvalue weighted by Crippen LogP contribution is 2.25. The van der Waals surface area contributed by atoms with Crippen LogP contribution in [0.4, 0.5) is 4.79 Å². The summed E-state index contributed by atoms with van der Waals surface area (Å²) in [5, 5.41) is 1.07. The Hall–Kier alpha value is -3.41. The van der Waals surface area contributed by atoms with Gasteiger partial charge in [-0.1, -0.05) is 24.3 Å². The lowest BCUT2D eigenvalue weighted by Gasteiger charge is -2.01. The predicted molar refractivity (Wildman–Crippen MR) is 86.1 cm³/mol. The van der Waals surface area contributed by atoms with Gasteiger partial charge < -0.3 is 14.9 Å². The first-order chi connectivity index (χ1) is 11.2. The zero-order valence-electron chi connectivity index (χ0n) is 12.0. The summed E-state index contributed by atoms with van der Waals surface area (Å²) < 4.78 is 6.75. The fraction of sp³-hybridized carbons (Fsp3) is 0. The van der Waals surface area contributed by atoms with Crippen molar-refractivity contribution in [1.29, 1.82) is 0 Å². The minimum Gasteiger partial charge on any atom is -0.406 e. The minimum absolute atomic E-state index is 0.312. The number of pyridine rings is 2. The van der Waals surface area contributed by atoms with E-state index in [-0.39, 0.29) is 0 Å². The maximum absolute atomic E-state index is 11.0. The van der Waals surface area contributed by atoms with Crippen LogP contribution in [-0.4, -0.2) is 20.5 Å². The number of nitrogens with zero attached hydrogens (tertiary/aromatic N) is 3. The molecular weight excluding hydrogens is 292 g/mol. The van der Waals surface area contributed by atoms with Gasteiger partial charge in [0.25, 0.3) is 0 Å². The quantitative estimate of drug-likeness (QED) is 0.617. The zero-order chi connectivity index (χ0) is 15.8. The molecule has 0 saturated carbocycles. The lowest BCUT2D eigenvalue weighted by Crippen LogP contribution is -2.16. The molecule has 0 saturated heterocycles. The Labute approximate surface area is 131 Å². The number of rotatable bonds is 2. The van der Waals surface area contributed by atoms with E-state index < -0.39 is 6.09 Å². The van der Waals surface area contributed by atoms with E-state index in [1.807, 2.05) is 48.8 Å². The van der Waals surface area contributed by atoms with Crippen LogP contribution in [0.3, 0.4) is 0 Å². The number of carbonyl (C=O) groups excluding carboxylic acids is 1. The topological polar surface area (TPSA) is 82.5 Å². The molecule has 0 radical (unpaired) electrons. The van der Waals surface area contributed by atoms with Crippen molar-refractivity contribution < 1.29 is 9.53 Å². The number of aromatic nitrogens is 3. The normalized spacial score (nSPS) is 11.0. The fourth-order valence-electron chi connectivity index (χ4n) is 2.51. The van der Waals surface area contributed by atoms with Crippen molar-refractivity contribution in [3.63, 3.8) is 0 Å². The second kappa shape index (κ2) is 5.10. The van der Waals surface area contributed by atoms with E-state index in [1.54, 1.807) is 16.5 Å². The molecule has 4 rings (SSSR count). The Morgan fingerprint density at radius 1 is 1.00 bits per heavy atom. The molecule has 0 fully saturated rings. The number of benzene rings is 1. The van der Waals surface area contributed by atoms with Gasteiger partial charge in [-0.15, -0.1) is 0 Å². The average Bonchev–Trinajstić information content (AvgIpc) is 2.99. The summed E-state index contributed by atoms with van der Waals surface area (Å²) in [6.45, 7) is 0. The lowest BCUT2D eigenvalue weighted by molar-refractivity contribution is 0.211. The summed E-state index contributed by atoms with van der Waals surface area (Å²) in [6, 6.07) is 15.2. The van der Waals surface area contributed by atoms with Crippen LogP contribution in [0.15, 0.2) is 60.9 Å². The van der Waals surface area contributed by atoms with Crippen LogP contribution in [0.25, 0.3) is 27.9 Å². The van der Waals surface area contributed by atoms with Crippen molar-refractivity contribution in [2.45, 2.75) is 0 Å². The second-order valence-corrected chi connectivity index (χ2v) is 5.04. The van der Waals surface area contributed by atoms with Crippen LogP contribution in [0.2, 0.25) is 0 Å². The van der Waals surface area contributed by atoms with E-state index in [0.29, 0.717) is 17.1 Å². The summed E-state index contributed by atoms with van der Waals surface area (Å²) in [6.07, 6.45) is 2.78. The SMILES string of the molecule is NC(=O)Oc1cccn2cc(-c3ccc4ccccc4n3)nc12. The molecule has 0 bridgehead atoms. The van der Waals surface area contributed by atoms with E-state index in [1.165, 1.54) is 0 Å². The van der Waals surface area contributed by atoms with Crippen molar-refractivity contribution >= 4 is 22.6 Å². The van der Waals surface area contributed by atoms with Crippen LogP contribution in [0.1, 0.15) is 0 Å². The maximum atomic E-state index is 11.0. The van der Waals surface area contributed by atoms with Gasteiger partial charge in [0.1, 0.15) is 5.69 Å².